The highest BCUT2D eigenvalue weighted by Gasteiger charge is 2.05. The fraction of sp³-hybridized carbons (Fsp3) is 0.235. The van der Waals surface area contributed by atoms with Crippen molar-refractivity contribution in [2.24, 2.45) is 0 Å². The molecule has 0 spiro atoms. The summed E-state index contributed by atoms with van der Waals surface area (Å²) in [6.07, 6.45) is 0.933. The van der Waals surface area contributed by atoms with Crippen LogP contribution in [0.2, 0.25) is 10.0 Å². The summed E-state index contributed by atoms with van der Waals surface area (Å²) in [5.74, 6) is 0.563. The number of halogens is 2. The number of benzene rings is 2. The molecule has 2 rings (SSSR count). The van der Waals surface area contributed by atoms with E-state index in [1.54, 1.807) is 24.3 Å². The summed E-state index contributed by atoms with van der Waals surface area (Å²) in [5, 5.41) is 6.82. The molecular weight excluding hydrogens is 335 g/mol. The average Bonchev–Trinajstić information content (AvgIpc) is 2.50. The second-order valence-corrected chi connectivity index (χ2v) is 5.81. The van der Waals surface area contributed by atoms with Gasteiger partial charge in [-0.05, 0) is 36.8 Å². The molecule has 6 heteroatoms. The summed E-state index contributed by atoms with van der Waals surface area (Å²) in [6, 6.07) is 12.4. The maximum Gasteiger partial charge on any atom is 0.243 e. The number of hydrogen-bond donors (Lipinski definition) is 2. The molecule has 1 amide bonds. The van der Waals surface area contributed by atoms with Crippen LogP contribution in [0, 0.1) is 0 Å². The van der Waals surface area contributed by atoms with Crippen LogP contribution in [0.3, 0.4) is 0 Å². The van der Waals surface area contributed by atoms with Gasteiger partial charge in [-0.15, -0.1) is 0 Å². The van der Waals surface area contributed by atoms with E-state index in [0.29, 0.717) is 28.0 Å². The van der Waals surface area contributed by atoms with Crippen LogP contribution >= 0.6 is 23.2 Å². The molecule has 0 fully saturated rings. The molecule has 0 atom stereocenters. The van der Waals surface area contributed by atoms with E-state index in [0.717, 1.165) is 12.2 Å². The second kappa shape index (κ2) is 8.65. The number of carbonyl (C=O) groups is 1. The molecule has 2 aromatic rings. The number of anilines is 2. The molecule has 0 saturated carbocycles. The normalized spacial score (nSPS) is 10.2. The zero-order valence-corrected chi connectivity index (χ0v) is 14.2. The van der Waals surface area contributed by atoms with Gasteiger partial charge in [0.1, 0.15) is 5.75 Å². The van der Waals surface area contributed by atoms with Crippen molar-refractivity contribution in [1.82, 2.24) is 0 Å². The Balaban J connectivity index is 1.89. The first kappa shape index (κ1) is 17.4. The molecule has 23 heavy (non-hydrogen) atoms. The number of amides is 1. The van der Waals surface area contributed by atoms with E-state index in [2.05, 4.69) is 10.6 Å². The van der Waals surface area contributed by atoms with Gasteiger partial charge in [0, 0.05) is 27.5 Å². The van der Waals surface area contributed by atoms with Crippen molar-refractivity contribution in [3.05, 3.63) is 52.5 Å². The van der Waals surface area contributed by atoms with Gasteiger partial charge in [0.05, 0.1) is 13.2 Å². The maximum atomic E-state index is 12.0. The third-order valence-corrected chi connectivity index (χ3v) is 3.34. The van der Waals surface area contributed by atoms with Crippen LogP contribution in [0.1, 0.15) is 13.3 Å². The fourth-order valence-corrected chi connectivity index (χ4v) is 2.45. The highest BCUT2D eigenvalue weighted by Crippen LogP contribution is 2.22. The summed E-state index contributed by atoms with van der Waals surface area (Å²) in [7, 11) is 0. The Labute approximate surface area is 145 Å². The molecule has 0 radical (unpaired) electrons. The van der Waals surface area contributed by atoms with Crippen molar-refractivity contribution in [3.8, 4) is 5.75 Å². The highest BCUT2D eigenvalue weighted by atomic mass is 35.5. The summed E-state index contributed by atoms with van der Waals surface area (Å²) in [5.41, 5.74) is 1.38. The van der Waals surface area contributed by atoms with E-state index < -0.39 is 0 Å². The number of rotatable bonds is 7. The van der Waals surface area contributed by atoms with E-state index in [4.69, 9.17) is 27.9 Å². The second-order valence-electron chi connectivity index (χ2n) is 4.94. The zero-order chi connectivity index (χ0) is 16.7. The molecule has 4 nitrogen and oxygen atoms in total. The molecule has 0 saturated heterocycles. The number of ether oxygens (including phenoxy) is 1. The lowest BCUT2D eigenvalue weighted by Crippen LogP contribution is -2.21. The summed E-state index contributed by atoms with van der Waals surface area (Å²) in [6.45, 7) is 2.80. The predicted octanol–water partition coefficient (Wildman–Crippen LogP) is 4.83. The van der Waals surface area contributed by atoms with Gasteiger partial charge in [-0.25, -0.2) is 0 Å². The minimum absolute atomic E-state index is 0.108. The molecule has 0 aliphatic heterocycles. The quantitative estimate of drug-likeness (QED) is 0.749. The molecule has 2 N–H and O–H groups in total. The Morgan fingerprint density at radius 1 is 1.09 bits per heavy atom. The van der Waals surface area contributed by atoms with Crippen LogP contribution in [0.15, 0.2) is 42.5 Å². The maximum absolute atomic E-state index is 12.0. The van der Waals surface area contributed by atoms with E-state index in [1.165, 1.54) is 0 Å². The Morgan fingerprint density at radius 2 is 1.83 bits per heavy atom. The molecule has 2 aromatic carbocycles. The van der Waals surface area contributed by atoms with Crippen molar-refractivity contribution in [3.63, 3.8) is 0 Å². The molecule has 0 bridgehead atoms. The lowest BCUT2D eigenvalue weighted by atomic mass is 10.3. The molecular formula is C17H18Cl2N2O2. The third kappa shape index (κ3) is 6.00. The first-order valence-electron chi connectivity index (χ1n) is 7.29. The molecule has 0 aromatic heterocycles. The first-order chi connectivity index (χ1) is 11.1. The van der Waals surface area contributed by atoms with Gasteiger partial charge in [-0.2, -0.15) is 0 Å². The van der Waals surface area contributed by atoms with Gasteiger partial charge in [0.15, 0.2) is 0 Å². The number of hydrogen-bond acceptors (Lipinski definition) is 3. The van der Waals surface area contributed by atoms with Crippen molar-refractivity contribution in [2.75, 3.05) is 23.8 Å². The van der Waals surface area contributed by atoms with Gasteiger partial charge in [0.2, 0.25) is 5.91 Å². The van der Waals surface area contributed by atoms with Gasteiger partial charge in [0.25, 0.3) is 0 Å². The van der Waals surface area contributed by atoms with E-state index in [9.17, 15) is 4.79 Å². The van der Waals surface area contributed by atoms with E-state index in [1.807, 2.05) is 25.1 Å². The Morgan fingerprint density at radius 3 is 2.52 bits per heavy atom. The Hall–Kier alpha value is -1.91. The van der Waals surface area contributed by atoms with Gasteiger partial charge in [-0.3, -0.25) is 4.79 Å². The van der Waals surface area contributed by atoms with Crippen LogP contribution in [-0.4, -0.2) is 19.1 Å². The van der Waals surface area contributed by atoms with Crippen molar-refractivity contribution < 1.29 is 9.53 Å². The van der Waals surface area contributed by atoms with E-state index >= 15 is 0 Å². The lowest BCUT2D eigenvalue weighted by Gasteiger charge is -2.10. The van der Waals surface area contributed by atoms with Gasteiger partial charge in [-0.1, -0.05) is 36.2 Å². The molecule has 122 valence electrons. The minimum Gasteiger partial charge on any atom is -0.494 e. The SMILES string of the molecule is CCCOc1cccc(NC(=O)CNc2cc(Cl)cc(Cl)c2)c1. The molecule has 0 unspecified atom stereocenters. The van der Waals surface area contributed by atoms with Crippen LogP contribution in [0.4, 0.5) is 11.4 Å². The van der Waals surface area contributed by atoms with Crippen LogP contribution in [0.5, 0.6) is 5.75 Å². The van der Waals surface area contributed by atoms with Gasteiger partial charge < -0.3 is 15.4 Å². The monoisotopic (exact) mass is 352 g/mol. The standard InChI is InChI=1S/C17H18Cl2N2O2/c1-2-6-23-16-5-3-4-14(10-16)21-17(22)11-20-15-8-12(18)7-13(19)9-15/h3-5,7-10,20H,2,6,11H2,1H3,(H,21,22). The average molecular weight is 353 g/mol. The molecule has 0 heterocycles. The highest BCUT2D eigenvalue weighted by molar-refractivity contribution is 6.35. The topological polar surface area (TPSA) is 50.4 Å². The molecule has 0 aliphatic carbocycles. The van der Waals surface area contributed by atoms with Crippen LogP contribution < -0.4 is 15.4 Å². The summed E-state index contributed by atoms with van der Waals surface area (Å²) < 4.78 is 5.54. The van der Waals surface area contributed by atoms with Crippen molar-refractivity contribution in [1.29, 1.82) is 0 Å². The summed E-state index contributed by atoms with van der Waals surface area (Å²) in [4.78, 5) is 12.0. The largest absolute Gasteiger partial charge is 0.494 e. The van der Waals surface area contributed by atoms with Crippen LogP contribution in [-0.2, 0) is 4.79 Å². The van der Waals surface area contributed by atoms with Crippen LogP contribution in [0.25, 0.3) is 0 Å². The van der Waals surface area contributed by atoms with E-state index in [-0.39, 0.29) is 12.5 Å². The number of nitrogens with one attached hydrogen (secondary N) is 2. The van der Waals surface area contributed by atoms with Crippen molar-refractivity contribution >= 4 is 40.5 Å². The minimum atomic E-state index is -0.172. The van der Waals surface area contributed by atoms with Crippen molar-refractivity contribution in [2.45, 2.75) is 13.3 Å². The zero-order valence-electron chi connectivity index (χ0n) is 12.7. The number of carbonyl (C=O) groups excluding carboxylic acids is 1. The summed E-state index contributed by atoms with van der Waals surface area (Å²) >= 11 is 11.8. The Kier molecular flexibility index (Phi) is 6.56. The predicted molar refractivity (Wildman–Crippen MR) is 95.8 cm³/mol. The third-order valence-electron chi connectivity index (χ3n) is 2.91. The molecule has 0 aliphatic rings. The fourth-order valence-electron chi connectivity index (χ4n) is 1.93. The smallest absolute Gasteiger partial charge is 0.243 e. The Bertz CT molecular complexity index is 657. The first-order valence-corrected chi connectivity index (χ1v) is 8.05. The lowest BCUT2D eigenvalue weighted by molar-refractivity contribution is -0.114. The van der Waals surface area contributed by atoms with Gasteiger partial charge >= 0.3 is 0 Å².